The predicted octanol–water partition coefficient (Wildman–Crippen LogP) is 2.76. The van der Waals surface area contributed by atoms with E-state index in [0.29, 0.717) is 0 Å². The second-order valence-electron chi connectivity index (χ2n) is 2.86. The van der Waals surface area contributed by atoms with E-state index in [1.54, 1.807) is 11.3 Å². The van der Waals surface area contributed by atoms with Crippen molar-refractivity contribution in [2.75, 3.05) is 0 Å². The van der Waals surface area contributed by atoms with Gasteiger partial charge in [0.25, 0.3) is 0 Å². The van der Waals surface area contributed by atoms with Gasteiger partial charge < -0.3 is 0 Å². The third kappa shape index (κ3) is 2.50. The molecule has 0 aliphatic carbocycles. The van der Waals surface area contributed by atoms with Crippen LogP contribution in [0.5, 0.6) is 0 Å². The Labute approximate surface area is 87.0 Å². The van der Waals surface area contributed by atoms with Crippen molar-refractivity contribution >= 4 is 17.6 Å². The van der Waals surface area contributed by atoms with Gasteiger partial charge in [-0.1, -0.05) is 30.3 Å². The lowest BCUT2D eigenvalue weighted by atomic mass is 10.2. The van der Waals surface area contributed by atoms with Gasteiger partial charge in [-0.05, 0) is 5.56 Å². The Bertz CT molecular complexity index is 392. The van der Waals surface area contributed by atoms with Gasteiger partial charge in [0.05, 0.1) is 16.9 Å². The lowest BCUT2D eigenvalue weighted by Crippen LogP contribution is -1.81. The Morgan fingerprint density at radius 3 is 2.86 bits per heavy atom. The molecule has 0 spiro atoms. The molecule has 0 fully saturated rings. The van der Waals surface area contributed by atoms with Crippen molar-refractivity contribution in [1.29, 1.82) is 0 Å². The van der Waals surface area contributed by atoms with E-state index in [4.69, 9.17) is 0 Å². The summed E-state index contributed by atoms with van der Waals surface area (Å²) in [4.78, 5) is 9.40. The lowest BCUT2D eigenvalue weighted by Gasteiger charge is -1.93. The van der Waals surface area contributed by atoms with Crippen LogP contribution >= 0.6 is 11.3 Å². The van der Waals surface area contributed by atoms with Crippen molar-refractivity contribution in [3.05, 3.63) is 52.5 Å². The topological polar surface area (TPSA) is 25.2 Å². The average Bonchev–Trinajstić information content (AvgIpc) is 2.72. The van der Waals surface area contributed by atoms with E-state index in [1.807, 2.05) is 36.1 Å². The van der Waals surface area contributed by atoms with Crippen LogP contribution in [0.1, 0.15) is 10.4 Å². The van der Waals surface area contributed by atoms with Gasteiger partial charge in [-0.2, -0.15) is 0 Å². The fraction of sp³-hybridized carbons (Fsp3) is 0.0909. The standard InChI is InChI=1S/C11H10N2S/c1-2-4-10(5-3-1)6-12-7-11-8-13-9-14-11/h1-5,7-9H,6H2. The zero-order chi connectivity index (χ0) is 9.64. The first kappa shape index (κ1) is 9.09. The van der Waals surface area contributed by atoms with E-state index in [9.17, 15) is 0 Å². The largest absolute Gasteiger partial charge is 0.287 e. The first-order valence-corrected chi connectivity index (χ1v) is 5.25. The van der Waals surface area contributed by atoms with Crippen LogP contribution in [0.3, 0.4) is 0 Å². The summed E-state index contributed by atoms with van der Waals surface area (Å²) in [6, 6.07) is 10.2. The molecular weight excluding hydrogens is 192 g/mol. The maximum absolute atomic E-state index is 4.33. The highest BCUT2D eigenvalue weighted by atomic mass is 32.1. The SMILES string of the molecule is C(=NCc1ccccc1)c1cncs1. The van der Waals surface area contributed by atoms with Crippen molar-refractivity contribution < 1.29 is 0 Å². The van der Waals surface area contributed by atoms with E-state index in [1.165, 1.54) is 5.56 Å². The number of aromatic nitrogens is 1. The molecule has 1 aromatic heterocycles. The molecule has 1 aromatic carbocycles. The molecule has 0 saturated carbocycles. The minimum atomic E-state index is 0.735. The molecule has 1 heterocycles. The van der Waals surface area contributed by atoms with E-state index >= 15 is 0 Å². The number of thiazole rings is 1. The summed E-state index contributed by atoms with van der Waals surface area (Å²) >= 11 is 1.60. The molecule has 2 rings (SSSR count). The monoisotopic (exact) mass is 202 g/mol. The summed E-state index contributed by atoms with van der Waals surface area (Å²) in [7, 11) is 0. The molecular formula is C11H10N2S. The van der Waals surface area contributed by atoms with E-state index in [-0.39, 0.29) is 0 Å². The molecule has 0 aliphatic rings. The third-order valence-corrected chi connectivity index (χ3v) is 2.50. The van der Waals surface area contributed by atoms with Gasteiger partial charge in [0.15, 0.2) is 0 Å². The minimum Gasteiger partial charge on any atom is -0.287 e. The molecule has 0 unspecified atom stereocenters. The van der Waals surface area contributed by atoms with Gasteiger partial charge in [0.2, 0.25) is 0 Å². The van der Waals surface area contributed by atoms with Crippen LogP contribution in [0.4, 0.5) is 0 Å². The summed E-state index contributed by atoms with van der Waals surface area (Å²) < 4.78 is 0. The fourth-order valence-corrected chi connectivity index (χ4v) is 1.61. The Morgan fingerprint density at radius 1 is 1.29 bits per heavy atom. The molecule has 0 bridgehead atoms. The summed E-state index contributed by atoms with van der Waals surface area (Å²) in [6.07, 6.45) is 3.68. The van der Waals surface area contributed by atoms with Crippen LogP contribution in [0, 0.1) is 0 Å². The quantitative estimate of drug-likeness (QED) is 0.702. The van der Waals surface area contributed by atoms with Crippen LogP contribution in [0.25, 0.3) is 0 Å². The zero-order valence-corrected chi connectivity index (χ0v) is 8.45. The van der Waals surface area contributed by atoms with Crippen molar-refractivity contribution in [3.8, 4) is 0 Å². The Kier molecular flexibility index (Phi) is 3.03. The number of rotatable bonds is 3. The normalized spacial score (nSPS) is 10.9. The summed E-state index contributed by atoms with van der Waals surface area (Å²) in [5.41, 5.74) is 3.04. The van der Waals surface area contributed by atoms with Crippen LogP contribution in [0.2, 0.25) is 0 Å². The smallest absolute Gasteiger partial charge is 0.0798 e. The van der Waals surface area contributed by atoms with E-state index in [2.05, 4.69) is 22.1 Å². The highest BCUT2D eigenvalue weighted by Gasteiger charge is 1.88. The summed E-state index contributed by atoms with van der Waals surface area (Å²) in [5, 5.41) is 0. The van der Waals surface area contributed by atoms with Gasteiger partial charge in [-0.25, -0.2) is 0 Å². The number of hydrogen-bond donors (Lipinski definition) is 0. The minimum absolute atomic E-state index is 0.735. The zero-order valence-electron chi connectivity index (χ0n) is 7.63. The summed E-state index contributed by atoms with van der Waals surface area (Å²) in [6.45, 7) is 0.735. The fourth-order valence-electron chi connectivity index (χ4n) is 1.11. The van der Waals surface area contributed by atoms with Crippen LogP contribution in [-0.4, -0.2) is 11.2 Å². The second-order valence-corrected chi connectivity index (χ2v) is 3.78. The predicted molar refractivity (Wildman–Crippen MR) is 59.9 cm³/mol. The first-order valence-electron chi connectivity index (χ1n) is 4.37. The molecule has 0 atom stereocenters. The molecule has 70 valence electrons. The van der Waals surface area contributed by atoms with Crippen LogP contribution in [0.15, 0.2) is 47.0 Å². The van der Waals surface area contributed by atoms with Crippen molar-refractivity contribution in [1.82, 2.24) is 4.98 Å². The van der Waals surface area contributed by atoms with Crippen LogP contribution < -0.4 is 0 Å². The maximum Gasteiger partial charge on any atom is 0.0798 e. The number of benzene rings is 1. The number of hydrogen-bond acceptors (Lipinski definition) is 3. The van der Waals surface area contributed by atoms with Gasteiger partial charge >= 0.3 is 0 Å². The van der Waals surface area contributed by atoms with Gasteiger partial charge in [-0.15, -0.1) is 11.3 Å². The van der Waals surface area contributed by atoms with Gasteiger partial charge in [0, 0.05) is 12.4 Å². The van der Waals surface area contributed by atoms with E-state index in [0.717, 1.165) is 11.4 Å². The maximum atomic E-state index is 4.33. The molecule has 0 aliphatic heterocycles. The van der Waals surface area contributed by atoms with Crippen LogP contribution in [-0.2, 0) is 6.54 Å². The molecule has 14 heavy (non-hydrogen) atoms. The third-order valence-electron chi connectivity index (χ3n) is 1.79. The Morgan fingerprint density at radius 2 is 2.14 bits per heavy atom. The molecule has 0 saturated heterocycles. The first-order chi connectivity index (χ1) is 6.95. The number of aliphatic imine (C=N–C) groups is 1. The number of nitrogens with zero attached hydrogens (tertiary/aromatic N) is 2. The average molecular weight is 202 g/mol. The molecule has 2 aromatic rings. The lowest BCUT2D eigenvalue weighted by molar-refractivity contribution is 1.08. The van der Waals surface area contributed by atoms with E-state index < -0.39 is 0 Å². The molecule has 0 radical (unpaired) electrons. The highest BCUT2D eigenvalue weighted by molar-refractivity contribution is 7.11. The van der Waals surface area contributed by atoms with Crippen molar-refractivity contribution in [2.24, 2.45) is 4.99 Å². The molecule has 0 N–H and O–H groups in total. The summed E-state index contributed by atoms with van der Waals surface area (Å²) in [5.74, 6) is 0. The van der Waals surface area contributed by atoms with Gasteiger partial charge in [0.1, 0.15) is 0 Å². The Balaban J connectivity index is 1.95. The highest BCUT2D eigenvalue weighted by Crippen LogP contribution is 2.03. The van der Waals surface area contributed by atoms with Gasteiger partial charge in [-0.3, -0.25) is 9.98 Å². The molecule has 3 heteroatoms. The second kappa shape index (κ2) is 4.67. The molecule has 2 nitrogen and oxygen atoms in total. The Hall–Kier alpha value is -1.48. The molecule has 0 amide bonds. The van der Waals surface area contributed by atoms with Crippen molar-refractivity contribution in [3.63, 3.8) is 0 Å². The van der Waals surface area contributed by atoms with Crippen molar-refractivity contribution in [2.45, 2.75) is 6.54 Å².